The van der Waals surface area contributed by atoms with Gasteiger partial charge in [-0.15, -0.1) is 0 Å². The van der Waals surface area contributed by atoms with Crippen LogP contribution < -0.4 is 5.32 Å². The number of ether oxygens (including phenoxy) is 1. The Morgan fingerprint density at radius 3 is 2.21 bits per heavy atom. The third kappa shape index (κ3) is 4.19. The quantitative estimate of drug-likeness (QED) is 0.526. The van der Waals surface area contributed by atoms with Crippen molar-refractivity contribution in [3.8, 4) is 0 Å². The van der Waals surface area contributed by atoms with Gasteiger partial charge in [0.15, 0.2) is 27.3 Å². The first-order valence-electron chi connectivity index (χ1n) is 12.1. The van der Waals surface area contributed by atoms with Gasteiger partial charge >= 0.3 is 0 Å². The number of rotatable bonds is 4. The van der Waals surface area contributed by atoms with Crippen molar-refractivity contribution in [1.82, 2.24) is 4.90 Å². The first kappa shape index (κ1) is 27.0. The predicted molar refractivity (Wildman–Crippen MR) is 133 cm³/mol. The number of carbonyl (C=O) groups excluding carboxylic acids is 2. The molecule has 3 saturated carbocycles. The summed E-state index contributed by atoms with van der Waals surface area (Å²) < 4.78 is 74.0. The molecule has 0 radical (unpaired) electrons. The van der Waals surface area contributed by atoms with Gasteiger partial charge in [0, 0.05) is 30.3 Å². The Morgan fingerprint density at radius 1 is 1.05 bits per heavy atom. The van der Waals surface area contributed by atoms with Gasteiger partial charge in [-0.1, -0.05) is 11.6 Å². The lowest BCUT2D eigenvalue weighted by Gasteiger charge is -2.58. The number of fused-ring (bicyclic) bond motifs is 2. The van der Waals surface area contributed by atoms with Crippen LogP contribution in [0.15, 0.2) is 35.2 Å². The maximum absolute atomic E-state index is 13.7. The van der Waals surface area contributed by atoms with E-state index >= 15 is 0 Å². The average molecular weight is 571 g/mol. The van der Waals surface area contributed by atoms with Gasteiger partial charge in [0.05, 0.1) is 27.3 Å². The SMILES string of the molecule is CC(=O)N1C[C@]2(OC1(C)C)C1CC2C[C@@H](S(=O)(=O)c2cc(C(=O)Nc3cc(F)c(F)c(F)c3)ccc2Cl)C1. The fourth-order valence-electron chi connectivity index (χ4n) is 6.27. The second-order valence-electron chi connectivity index (χ2n) is 10.7. The minimum Gasteiger partial charge on any atom is -0.347 e. The van der Waals surface area contributed by atoms with E-state index in [1.165, 1.54) is 19.1 Å². The molecule has 7 nitrogen and oxygen atoms in total. The van der Waals surface area contributed by atoms with Gasteiger partial charge in [-0.05, 0) is 63.1 Å². The van der Waals surface area contributed by atoms with E-state index in [1.54, 1.807) is 4.90 Å². The standard InChI is InChI=1S/C26H26ClF3N2O5S/c1-13(33)32-12-26(37-25(32,2)3)15-7-16(26)9-18(8-15)38(35,36)22-6-14(4-5-19(22)27)24(34)31-17-10-20(28)23(30)21(29)11-17/h4-6,10-11,15-16,18H,7-9,12H2,1-3H3,(H,31,34)/t15?,16?,18-,26-. The first-order valence-corrected chi connectivity index (χ1v) is 14.1. The topological polar surface area (TPSA) is 92.8 Å². The van der Waals surface area contributed by atoms with E-state index < -0.39 is 49.8 Å². The van der Waals surface area contributed by atoms with E-state index in [9.17, 15) is 31.2 Å². The normalized spacial score (nSPS) is 27.8. The molecule has 4 aliphatic rings. The Labute approximate surface area is 223 Å². The largest absolute Gasteiger partial charge is 0.347 e. The van der Waals surface area contributed by atoms with Crippen molar-refractivity contribution in [3.05, 3.63) is 58.4 Å². The average Bonchev–Trinajstić information content (AvgIpc) is 3.16. The van der Waals surface area contributed by atoms with Crippen LogP contribution in [-0.2, 0) is 19.4 Å². The van der Waals surface area contributed by atoms with Crippen LogP contribution in [0.25, 0.3) is 0 Å². The molecular weight excluding hydrogens is 545 g/mol. The van der Waals surface area contributed by atoms with E-state index in [-0.39, 0.29) is 38.9 Å². The summed E-state index contributed by atoms with van der Waals surface area (Å²) in [5, 5.41) is 1.42. The van der Waals surface area contributed by atoms with Crippen molar-refractivity contribution < 1.29 is 35.9 Å². The highest BCUT2D eigenvalue weighted by Crippen LogP contribution is 2.61. The summed E-state index contributed by atoms with van der Waals surface area (Å²) in [5.74, 6) is -5.69. The lowest BCUT2D eigenvalue weighted by atomic mass is 9.53. The van der Waals surface area contributed by atoms with Crippen LogP contribution in [0, 0.1) is 29.3 Å². The van der Waals surface area contributed by atoms with Crippen LogP contribution in [0.5, 0.6) is 0 Å². The predicted octanol–water partition coefficient (Wildman–Crippen LogP) is 4.94. The highest BCUT2D eigenvalue weighted by Gasteiger charge is 2.67. The summed E-state index contributed by atoms with van der Waals surface area (Å²) in [7, 11) is -3.97. The number of halogens is 4. The van der Waals surface area contributed by atoms with Crippen molar-refractivity contribution in [2.45, 2.75) is 61.5 Å². The number of hydrogen-bond acceptors (Lipinski definition) is 5. The monoisotopic (exact) mass is 570 g/mol. The molecule has 1 saturated heterocycles. The Kier molecular flexibility index (Phi) is 6.35. The molecule has 2 bridgehead atoms. The van der Waals surface area contributed by atoms with E-state index in [4.69, 9.17) is 16.3 Å². The van der Waals surface area contributed by atoms with Gasteiger partial charge in [-0.2, -0.15) is 0 Å². The first-order chi connectivity index (χ1) is 17.7. The minimum atomic E-state index is -3.97. The van der Waals surface area contributed by atoms with Crippen LogP contribution in [0.1, 0.15) is 50.4 Å². The van der Waals surface area contributed by atoms with E-state index in [2.05, 4.69) is 5.32 Å². The van der Waals surface area contributed by atoms with Crippen molar-refractivity contribution in [2.24, 2.45) is 11.8 Å². The number of anilines is 1. The van der Waals surface area contributed by atoms with Crippen molar-refractivity contribution in [1.29, 1.82) is 0 Å². The molecule has 1 heterocycles. The lowest BCUT2D eigenvalue weighted by Crippen LogP contribution is -2.64. The Hall–Kier alpha value is -2.63. The van der Waals surface area contributed by atoms with E-state index in [0.29, 0.717) is 31.5 Å². The van der Waals surface area contributed by atoms with Crippen molar-refractivity contribution >= 4 is 38.9 Å². The second kappa shape index (κ2) is 8.96. The van der Waals surface area contributed by atoms with Crippen LogP contribution in [-0.4, -0.2) is 48.3 Å². The smallest absolute Gasteiger partial charge is 0.255 e. The molecule has 2 amide bonds. The number of benzene rings is 2. The molecule has 1 N–H and O–H groups in total. The Bertz CT molecular complexity index is 1430. The molecule has 2 aromatic carbocycles. The van der Waals surface area contributed by atoms with Gasteiger partial charge in [-0.3, -0.25) is 9.59 Å². The van der Waals surface area contributed by atoms with Gasteiger partial charge in [0.25, 0.3) is 5.91 Å². The van der Waals surface area contributed by atoms with Crippen molar-refractivity contribution in [2.75, 3.05) is 11.9 Å². The zero-order chi connectivity index (χ0) is 27.8. The van der Waals surface area contributed by atoms with Gasteiger partial charge < -0.3 is 15.0 Å². The number of nitrogens with zero attached hydrogens (tertiary/aromatic N) is 1. The fraction of sp³-hybridized carbons (Fsp3) is 0.462. The second-order valence-corrected chi connectivity index (χ2v) is 13.3. The molecule has 2 aromatic rings. The minimum absolute atomic E-state index is 0.0572. The summed E-state index contributed by atoms with van der Waals surface area (Å²) >= 11 is 6.26. The van der Waals surface area contributed by atoms with Gasteiger partial charge in [0.2, 0.25) is 5.91 Å². The molecule has 2 unspecified atom stereocenters. The molecule has 4 fully saturated rings. The van der Waals surface area contributed by atoms with Crippen LogP contribution in [0.2, 0.25) is 5.02 Å². The van der Waals surface area contributed by atoms with Gasteiger partial charge in [-0.25, -0.2) is 21.6 Å². The van der Waals surface area contributed by atoms with E-state index in [1.807, 2.05) is 13.8 Å². The van der Waals surface area contributed by atoms with Crippen molar-refractivity contribution in [3.63, 3.8) is 0 Å². The molecule has 3 aliphatic carbocycles. The Balaban J connectivity index is 1.36. The summed E-state index contributed by atoms with van der Waals surface area (Å²) in [5.41, 5.74) is -1.79. The third-order valence-electron chi connectivity index (χ3n) is 8.10. The number of carbonyl (C=O) groups is 2. The molecule has 6 rings (SSSR count). The molecule has 2 atom stereocenters. The number of hydrogen-bond donors (Lipinski definition) is 1. The third-order valence-corrected chi connectivity index (χ3v) is 10.8. The molecule has 1 aliphatic heterocycles. The number of nitrogens with one attached hydrogen (secondary N) is 1. The highest BCUT2D eigenvalue weighted by molar-refractivity contribution is 7.92. The molecule has 1 spiro atoms. The number of amides is 2. The molecular formula is C26H26ClF3N2O5S. The Morgan fingerprint density at radius 2 is 1.66 bits per heavy atom. The number of sulfone groups is 1. The summed E-state index contributed by atoms with van der Waals surface area (Å²) in [4.78, 5) is 26.3. The fourth-order valence-corrected chi connectivity index (χ4v) is 8.67. The zero-order valence-corrected chi connectivity index (χ0v) is 22.4. The van der Waals surface area contributed by atoms with Crippen LogP contribution in [0.4, 0.5) is 18.9 Å². The summed E-state index contributed by atoms with van der Waals surface area (Å²) in [6.07, 6.45) is 1.44. The lowest BCUT2D eigenvalue weighted by molar-refractivity contribution is -0.223. The molecule has 12 heteroatoms. The van der Waals surface area contributed by atoms with E-state index in [0.717, 1.165) is 12.5 Å². The molecule has 204 valence electrons. The summed E-state index contributed by atoms with van der Waals surface area (Å²) in [6, 6.07) is 4.92. The summed E-state index contributed by atoms with van der Waals surface area (Å²) in [6.45, 7) is 5.56. The molecule has 0 aromatic heterocycles. The van der Waals surface area contributed by atoms with Crippen LogP contribution >= 0.6 is 11.6 Å². The maximum Gasteiger partial charge on any atom is 0.255 e. The molecule has 38 heavy (non-hydrogen) atoms. The highest BCUT2D eigenvalue weighted by atomic mass is 35.5. The van der Waals surface area contributed by atoms with Gasteiger partial charge in [0.1, 0.15) is 5.72 Å². The maximum atomic E-state index is 13.7. The van der Waals surface area contributed by atoms with Crippen LogP contribution in [0.3, 0.4) is 0 Å². The zero-order valence-electron chi connectivity index (χ0n) is 20.9.